The molecule has 2 fully saturated rings. The summed E-state index contributed by atoms with van der Waals surface area (Å²) in [5.74, 6) is 0.588. The third kappa shape index (κ3) is 4.46. The van der Waals surface area contributed by atoms with E-state index >= 15 is 0 Å². The molecule has 1 N–H and O–H groups in total. The second-order valence-electron chi connectivity index (χ2n) is 6.81. The smallest absolute Gasteiger partial charge is 0.279 e. The van der Waals surface area contributed by atoms with Crippen molar-refractivity contribution in [2.45, 2.75) is 70.6 Å². The number of nitrogens with one attached hydrogen (secondary N) is 1. The van der Waals surface area contributed by atoms with Gasteiger partial charge in [-0.15, -0.1) is 0 Å². The van der Waals surface area contributed by atoms with Gasteiger partial charge in [0.15, 0.2) is 0 Å². The molecule has 1 aromatic rings. The van der Waals surface area contributed by atoms with E-state index in [-0.39, 0.29) is 18.7 Å². The number of aromatic nitrogens is 1. The molecule has 134 valence electrons. The molecule has 2 heterocycles. The average molecular weight is 353 g/mol. The molecular formula is C17H27N3O3S. The lowest BCUT2D eigenvalue weighted by molar-refractivity contribution is 0.201. The zero-order chi connectivity index (χ0) is 17.0. The number of ether oxygens (including phenoxy) is 1. The van der Waals surface area contributed by atoms with Crippen molar-refractivity contribution >= 4 is 10.2 Å². The van der Waals surface area contributed by atoms with E-state index in [1.54, 1.807) is 10.5 Å². The van der Waals surface area contributed by atoms with Gasteiger partial charge in [0.2, 0.25) is 5.88 Å². The Balaban J connectivity index is 1.59. The second kappa shape index (κ2) is 7.80. The molecule has 7 heteroatoms. The van der Waals surface area contributed by atoms with Crippen molar-refractivity contribution in [3.63, 3.8) is 0 Å². The van der Waals surface area contributed by atoms with Crippen molar-refractivity contribution in [3.8, 4) is 5.88 Å². The third-order valence-electron chi connectivity index (χ3n) is 4.90. The van der Waals surface area contributed by atoms with Gasteiger partial charge in [0.25, 0.3) is 10.2 Å². The van der Waals surface area contributed by atoms with E-state index in [2.05, 4.69) is 9.71 Å². The van der Waals surface area contributed by atoms with Crippen LogP contribution in [0.15, 0.2) is 18.3 Å². The van der Waals surface area contributed by atoms with Gasteiger partial charge in [0.1, 0.15) is 6.10 Å². The largest absolute Gasteiger partial charge is 0.474 e. The summed E-state index contributed by atoms with van der Waals surface area (Å²) < 4.78 is 35.2. The van der Waals surface area contributed by atoms with E-state index in [4.69, 9.17) is 4.74 Å². The molecule has 3 rings (SSSR count). The van der Waals surface area contributed by atoms with Crippen LogP contribution in [-0.4, -0.2) is 36.4 Å². The molecule has 1 aliphatic carbocycles. The van der Waals surface area contributed by atoms with Crippen LogP contribution in [0.25, 0.3) is 0 Å². The molecule has 0 unspecified atom stereocenters. The summed E-state index contributed by atoms with van der Waals surface area (Å²) in [5.41, 5.74) is 0.867. The summed E-state index contributed by atoms with van der Waals surface area (Å²) in [6, 6.07) is 3.72. The fourth-order valence-electron chi connectivity index (χ4n) is 3.49. The first kappa shape index (κ1) is 17.6. The van der Waals surface area contributed by atoms with Crippen LogP contribution in [0.4, 0.5) is 0 Å². The maximum Gasteiger partial charge on any atom is 0.279 e. The fraction of sp³-hybridized carbons (Fsp3) is 0.706. The minimum atomic E-state index is -3.44. The fourth-order valence-corrected chi connectivity index (χ4v) is 4.95. The molecule has 1 aliphatic heterocycles. The zero-order valence-corrected chi connectivity index (χ0v) is 15.1. The van der Waals surface area contributed by atoms with Gasteiger partial charge in [-0.05, 0) is 57.1 Å². The number of pyridine rings is 1. The van der Waals surface area contributed by atoms with Crippen LogP contribution in [0.2, 0.25) is 0 Å². The molecule has 1 saturated heterocycles. The van der Waals surface area contributed by atoms with E-state index in [0.29, 0.717) is 12.4 Å². The van der Waals surface area contributed by atoms with Crippen LogP contribution in [0.1, 0.15) is 57.4 Å². The molecule has 24 heavy (non-hydrogen) atoms. The first-order valence-electron chi connectivity index (χ1n) is 8.92. The number of piperidine rings is 1. The molecule has 1 aromatic heterocycles. The van der Waals surface area contributed by atoms with Gasteiger partial charge in [0.05, 0.1) is 0 Å². The van der Waals surface area contributed by atoms with Crippen LogP contribution < -0.4 is 9.46 Å². The molecule has 0 radical (unpaired) electrons. The Morgan fingerprint density at radius 2 is 2.00 bits per heavy atom. The van der Waals surface area contributed by atoms with Gasteiger partial charge in [0, 0.05) is 31.4 Å². The summed E-state index contributed by atoms with van der Waals surface area (Å²) in [7, 11) is -3.44. The van der Waals surface area contributed by atoms with Crippen molar-refractivity contribution in [3.05, 3.63) is 23.9 Å². The van der Waals surface area contributed by atoms with Crippen molar-refractivity contribution in [1.82, 2.24) is 14.0 Å². The molecular weight excluding hydrogens is 326 g/mol. The molecule has 0 spiro atoms. The molecule has 0 aromatic carbocycles. The van der Waals surface area contributed by atoms with Crippen molar-refractivity contribution in [2.24, 2.45) is 0 Å². The highest BCUT2D eigenvalue weighted by Crippen LogP contribution is 2.23. The van der Waals surface area contributed by atoms with Crippen molar-refractivity contribution < 1.29 is 13.2 Å². The standard InChI is InChI=1S/C17H27N3O3S/c1-14-6-4-5-11-20(14)24(21,22)19-13-15-9-10-18-17(12-15)23-16-7-2-3-8-16/h9-10,12,14,16,19H,2-8,11,13H2,1H3/t14-/m0/s1. The second-order valence-corrected chi connectivity index (χ2v) is 8.52. The van der Waals surface area contributed by atoms with Gasteiger partial charge in [-0.2, -0.15) is 17.4 Å². The van der Waals surface area contributed by atoms with E-state index in [9.17, 15) is 8.42 Å². The Morgan fingerprint density at radius 3 is 2.75 bits per heavy atom. The normalized spacial score (nSPS) is 23.5. The summed E-state index contributed by atoms with van der Waals surface area (Å²) in [6.07, 6.45) is 9.44. The predicted octanol–water partition coefficient (Wildman–Crippen LogP) is 2.61. The predicted molar refractivity (Wildman–Crippen MR) is 92.9 cm³/mol. The lowest BCUT2D eigenvalue weighted by Crippen LogP contribution is -2.47. The van der Waals surface area contributed by atoms with Gasteiger partial charge in [-0.1, -0.05) is 6.42 Å². The minimum absolute atomic E-state index is 0.0648. The topological polar surface area (TPSA) is 71.5 Å². The van der Waals surface area contributed by atoms with Gasteiger partial charge in [-0.3, -0.25) is 0 Å². The lowest BCUT2D eigenvalue weighted by atomic mass is 10.1. The lowest BCUT2D eigenvalue weighted by Gasteiger charge is -2.32. The number of hydrogen-bond acceptors (Lipinski definition) is 4. The first-order valence-corrected chi connectivity index (χ1v) is 10.4. The van der Waals surface area contributed by atoms with E-state index in [1.807, 2.05) is 19.1 Å². The van der Waals surface area contributed by atoms with Gasteiger partial charge in [-0.25, -0.2) is 4.98 Å². The van der Waals surface area contributed by atoms with Gasteiger partial charge < -0.3 is 4.74 Å². The van der Waals surface area contributed by atoms with Crippen LogP contribution in [0, 0.1) is 0 Å². The van der Waals surface area contributed by atoms with E-state index < -0.39 is 10.2 Å². The van der Waals surface area contributed by atoms with Crippen molar-refractivity contribution in [1.29, 1.82) is 0 Å². The average Bonchev–Trinajstić information content (AvgIpc) is 3.07. The number of rotatable bonds is 6. The Bertz CT molecular complexity index is 644. The molecule has 1 saturated carbocycles. The third-order valence-corrected chi connectivity index (χ3v) is 6.57. The summed E-state index contributed by atoms with van der Waals surface area (Å²) in [4.78, 5) is 4.24. The molecule has 6 nitrogen and oxygen atoms in total. The zero-order valence-electron chi connectivity index (χ0n) is 14.3. The highest BCUT2D eigenvalue weighted by Gasteiger charge is 2.29. The number of nitrogens with zero attached hydrogens (tertiary/aromatic N) is 2. The van der Waals surface area contributed by atoms with Crippen LogP contribution in [0.3, 0.4) is 0 Å². The Morgan fingerprint density at radius 1 is 1.25 bits per heavy atom. The molecule has 0 bridgehead atoms. The summed E-state index contributed by atoms with van der Waals surface area (Å²) >= 11 is 0. The Hall–Kier alpha value is -1.18. The molecule has 2 aliphatic rings. The van der Waals surface area contributed by atoms with Crippen molar-refractivity contribution in [2.75, 3.05) is 6.54 Å². The quantitative estimate of drug-likeness (QED) is 0.853. The summed E-state index contributed by atoms with van der Waals surface area (Å²) in [6.45, 7) is 2.83. The van der Waals surface area contributed by atoms with Gasteiger partial charge >= 0.3 is 0 Å². The SMILES string of the molecule is C[C@H]1CCCCN1S(=O)(=O)NCc1ccnc(OC2CCCC2)c1. The Kier molecular flexibility index (Phi) is 5.73. The maximum absolute atomic E-state index is 12.5. The first-order chi connectivity index (χ1) is 11.5. The highest BCUT2D eigenvalue weighted by atomic mass is 32.2. The Labute approximate surface area is 144 Å². The van der Waals surface area contributed by atoms with Crippen LogP contribution in [0.5, 0.6) is 5.88 Å². The molecule has 0 amide bonds. The summed E-state index contributed by atoms with van der Waals surface area (Å²) in [5, 5.41) is 0. The van der Waals surface area contributed by atoms with Crippen LogP contribution >= 0.6 is 0 Å². The minimum Gasteiger partial charge on any atom is -0.474 e. The highest BCUT2D eigenvalue weighted by molar-refractivity contribution is 7.87. The van der Waals surface area contributed by atoms with E-state index in [0.717, 1.165) is 37.7 Å². The molecule has 1 atom stereocenters. The van der Waals surface area contributed by atoms with E-state index in [1.165, 1.54) is 12.8 Å². The monoisotopic (exact) mass is 353 g/mol. The maximum atomic E-state index is 12.5. The van der Waals surface area contributed by atoms with Crippen LogP contribution in [-0.2, 0) is 16.8 Å². The number of hydrogen-bond donors (Lipinski definition) is 1.